The summed E-state index contributed by atoms with van der Waals surface area (Å²) < 4.78 is 5.20. The summed E-state index contributed by atoms with van der Waals surface area (Å²) in [7, 11) is 0. The molecule has 1 saturated heterocycles. The molecule has 4 amide bonds. The van der Waals surface area contributed by atoms with Crippen molar-refractivity contribution in [1.82, 2.24) is 20.9 Å². The molecule has 0 bridgehead atoms. The number of nitrogens with two attached hydrogens (primary N) is 1. The van der Waals surface area contributed by atoms with Crippen LogP contribution >= 0.6 is 0 Å². The molecular weight excluding hydrogens is 346 g/mol. The molecule has 0 aromatic carbocycles. The van der Waals surface area contributed by atoms with Crippen molar-refractivity contribution in [3.63, 3.8) is 0 Å². The number of hydrogen-bond donors (Lipinski definition) is 4. The van der Waals surface area contributed by atoms with Crippen molar-refractivity contribution in [3.05, 3.63) is 0 Å². The number of hydrogen-bond acceptors (Lipinski definition) is 7. The molecule has 11 nitrogen and oxygen atoms in total. The van der Waals surface area contributed by atoms with E-state index >= 15 is 0 Å². The molecule has 0 radical (unpaired) electrons. The first-order valence-corrected chi connectivity index (χ1v) is 8.31. The van der Waals surface area contributed by atoms with Gasteiger partial charge in [-0.15, -0.1) is 0 Å². The lowest BCUT2D eigenvalue weighted by Crippen LogP contribution is -2.49. The largest absolute Gasteiger partial charge is 0.370 e. The van der Waals surface area contributed by atoms with Gasteiger partial charge in [-0.1, -0.05) is 0 Å². The number of nitrogens with one attached hydrogen (secondary N) is 3. The van der Waals surface area contributed by atoms with Crippen molar-refractivity contribution < 1.29 is 28.7 Å². The summed E-state index contributed by atoms with van der Waals surface area (Å²) in [6, 6.07) is -0.651. The van der Waals surface area contributed by atoms with Crippen molar-refractivity contribution >= 4 is 29.9 Å². The van der Waals surface area contributed by atoms with Crippen LogP contribution in [0.15, 0.2) is 0 Å². The van der Waals surface area contributed by atoms with Gasteiger partial charge in [-0.25, -0.2) is 0 Å². The summed E-state index contributed by atoms with van der Waals surface area (Å²) in [5.41, 5.74) is 5.14. The van der Waals surface area contributed by atoms with E-state index < -0.39 is 17.9 Å². The van der Waals surface area contributed by atoms with Gasteiger partial charge < -0.3 is 36.1 Å². The van der Waals surface area contributed by atoms with Crippen molar-refractivity contribution in [2.45, 2.75) is 18.9 Å². The third kappa shape index (κ3) is 7.57. The van der Waals surface area contributed by atoms with Crippen LogP contribution in [0.2, 0.25) is 0 Å². The average Bonchev–Trinajstić information content (AvgIpc) is 3.13. The molecule has 1 rings (SSSR count). The molecule has 1 atom stereocenters. The molecule has 26 heavy (non-hydrogen) atoms. The van der Waals surface area contributed by atoms with Crippen LogP contribution in [0.4, 0.5) is 0 Å². The Balaban J connectivity index is 2.32. The lowest BCUT2D eigenvalue weighted by atomic mass is 10.2. The molecule has 11 heteroatoms. The van der Waals surface area contributed by atoms with Gasteiger partial charge in [0.15, 0.2) is 0 Å². The molecular formula is C15H25N5O6. The highest BCUT2D eigenvalue weighted by Crippen LogP contribution is 2.17. The first-order valence-electron chi connectivity index (χ1n) is 8.31. The lowest BCUT2D eigenvalue weighted by Gasteiger charge is -2.23. The zero-order chi connectivity index (χ0) is 19.4. The molecule has 1 heterocycles. The highest BCUT2D eigenvalue weighted by molar-refractivity contribution is 5.91. The maximum absolute atomic E-state index is 12.2. The number of carbonyl (C=O) groups excluding carboxylic acids is 5. The van der Waals surface area contributed by atoms with E-state index in [-0.39, 0.29) is 51.2 Å². The van der Waals surface area contributed by atoms with Crippen molar-refractivity contribution in [3.8, 4) is 0 Å². The van der Waals surface area contributed by atoms with Crippen molar-refractivity contribution in [1.29, 1.82) is 0 Å². The van der Waals surface area contributed by atoms with Crippen LogP contribution in [0.1, 0.15) is 12.8 Å². The maximum atomic E-state index is 12.2. The number of ether oxygens (including phenoxy) is 1. The number of rotatable bonds is 11. The van der Waals surface area contributed by atoms with Crippen LogP contribution in [0.5, 0.6) is 0 Å². The van der Waals surface area contributed by atoms with E-state index in [1.54, 1.807) is 0 Å². The molecule has 1 aliphatic heterocycles. The van der Waals surface area contributed by atoms with E-state index in [2.05, 4.69) is 16.0 Å². The Morgan fingerprint density at radius 2 is 1.92 bits per heavy atom. The van der Waals surface area contributed by atoms with Crippen LogP contribution in [0.25, 0.3) is 0 Å². The maximum Gasteiger partial charge on any atom is 0.249 e. The molecule has 1 unspecified atom stereocenters. The predicted molar refractivity (Wildman–Crippen MR) is 89.7 cm³/mol. The summed E-state index contributed by atoms with van der Waals surface area (Å²) in [5.74, 6) is -1.55. The van der Waals surface area contributed by atoms with E-state index in [9.17, 15) is 24.0 Å². The molecule has 0 aromatic rings. The van der Waals surface area contributed by atoms with Crippen molar-refractivity contribution in [2.24, 2.45) is 5.73 Å². The quantitative estimate of drug-likeness (QED) is 0.216. The fourth-order valence-corrected chi connectivity index (χ4v) is 2.42. The number of carbonyl (C=O) groups is 5. The monoisotopic (exact) mass is 371 g/mol. The number of nitrogens with zero attached hydrogens (tertiary/aromatic N) is 1. The third-order valence-electron chi connectivity index (χ3n) is 3.66. The summed E-state index contributed by atoms with van der Waals surface area (Å²) in [5, 5.41) is 7.26. The van der Waals surface area contributed by atoms with Crippen LogP contribution in [0, 0.1) is 0 Å². The second-order valence-electron chi connectivity index (χ2n) is 5.54. The van der Waals surface area contributed by atoms with E-state index in [0.717, 1.165) is 0 Å². The number of amides is 4. The zero-order valence-corrected chi connectivity index (χ0v) is 14.5. The summed E-state index contributed by atoms with van der Waals surface area (Å²) in [4.78, 5) is 58.3. The van der Waals surface area contributed by atoms with Gasteiger partial charge in [-0.2, -0.15) is 0 Å². The molecule has 0 aromatic heterocycles. The van der Waals surface area contributed by atoms with Crippen LogP contribution in [-0.2, 0) is 28.7 Å². The van der Waals surface area contributed by atoms with Gasteiger partial charge in [0.25, 0.3) is 0 Å². The van der Waals surface area contributed by atoms with Gasteiger partial charge in [-0.05, 0) is 12.8 Å². The minimum absolute atomic E-state index is 0.114. The fraction of sp³-hybridized carbons (Fsp3) is 0.667. The van der Waals surface area contributed by atoms with Crippen LogP contribution in [-0.4, -0.2) is 86.8 Å². The Morgan fingerprint density at radius 3 is 2.62 bits per heavy atom. The highest BCUT2D eigenvalue weighted by atomic mass is 16.5. The highest BCUT2D eigenvalue weighted by Gasteiger charge is 2.33. The molecule has 5 N–H and O–H groups in total. The first-order chi connectivity index (χ1) is 12.5. The predicted octanol–water partition coefficient (Wildman–Crippen LogP) is -3.50. The smallest absolute Gasteiger partial charge is 0.249 e. The van der Waals surface area contributed by atoms with E-state index in [0.29, 0.717) is 25.7 Å². The van der Waals surface area contributed by atoms with E-state index in [1.165, 1.54) is 4.90 Å². The molecule has 146 valence electrons. The molecule has 1 aliphatic rings. The van der Waals surface area contributed by atoms with Gasteiger partial charge in [0, 0.05) is 13.1 Å². The van der Waals surface area contributed by atoms with Crippen molar-refractivity contribution in [2.75, 3.05) is 45.9 Å². The van der Waals surface area contributed by atoms with Crippen LogP contribution in [0.3, 0.4) is 0 Å². The second kappa shape index (κ2) is 11.9. The normalized spacial score (nSPS) is 16.0. The van der Waals surface area contributed by atoms with Gasteiger partial charge in [-0.3, -0.25) is 19.2 Å². The molecule has 0 saturated carbocycles. The van der Waals surface area contributed by atoms with Gasteiger partial charge >= 0.3 is 0 Å². The molecule has 1 fully saturated rings. The number of aldehydes is 1. The van der Waals surface area contributed by atoms with Gasteiger partial charge in [0.05, 0.1) is 26.2 Å². The third-order valence-corrected chi connectivity index (χ3v) is 3.66. The topological polar surface area (TPSA) is 160 Å². The molecule has 0 spiro atoms. The molecule has 0 aliphatic carbocycles. The first kappa shape index (κ1) is 21.5. The minimum atomic E-state index is -0.651. The number of likely N-dealkylation sites (tertiary alicyclic amines) is 1. The fourth-order valence-electron chi connectivity index (χ4n) is 2.42. The van der Waals surface area contributed by atoms with Gasteiger partial charge in [0.2, 0.25) is 23.6 Å². The SMILES string of the molecule is NCC(=O)NCCOCC(=O)N1CCCC1C(=O)NCC(=O)NCC=O. The van der Waals surface area contributed by atoms with E-state index in [4.69, 9.17) is 10.5 Å². The Bertz CT molecular complexity index is 527. The Hall–Kier alpha value is -2.53. The Labute approximate surface area is 151 Å². The van der Waals surface area contributed by atoms with E-state index in [1.807, 2.05) is 0 Å². The lowest BCUT2D eigenvalue weighted by molar-refractivity contribution is -0.142. The Morgan fingerprint density at radius 1 is 1.15 bits per heavy atom. The standard InChI is InChI=1S/C15H25N5O6/c16-8-12(22)18-4-7-26-10-14(24)20-5-1-2-11(20)15(25)19-9-13(23)17-3-6-21/h6,11H,1-5,7-10,16H2,(H,17,23)(H,18,22)(H,19,25). The van der Waals surface area contributed by atoms with Gasteiger partial charge in [0.1, 0.15) is 18.9 Å². The summed E-state index contributed by atoms with van der Waals surface area (Å²) in [6.45, 7) is 0.122. The zero-order valence-electron chi connectivity index (χ0n) is 14.5. The summed E-state index contributed by atoms with van der Waals surface area (Å²) >= 11 is 0. The Kier molecular flexibility index (Phi) is 9.87. The summed E-state index contributed by atoms with van der Waals surface area (Å²) in [6.07, 6.45) is 1.71. The van der Waals surface area contributed by atoms with Crippen LogP contribution < -0.4 is 21.7 Å². The average molecular weight is 371 g/mol. The minimum Gasteiger partial charge on any atom is -0.370 e. The second-order valence-corrected chi connectivity index (χ2v) is 5.54.